The number of hydrogen-bond donors (Lipinski definition) is 1. The first-order valence-corrected chi connectivity index (χ1v) is 7.50. The first kappa shape index (κ1) is 14.1. The highest BCUT2D eigenvalue weighted by Gasteiger charge is 2.26. The van der Waals surface area contributed by atoms with E-state index in [1.165, 1.54) is 6.92 Å². The molecule has 0 amide bonds. The third-order valence-electron chi connectivity index (χ3n) is 3.01. The first-order valence-electron chi connectivity index (χ1n) is 5.55. The van der Waals surface area contributed by atoms with E-state index in [1.807, 2.05) is 13.8 Å². The number of nitrogens with two attached hydrogens (primary N) is 1. The van der Waals surface area contributed by atoms with Gasteiger partial charge in [-0.1, -0.05) is 25.4 Å². The summed E-state index contributed by atoms with van der Waals surface area (Å²) in [5.41, 5.74) is 5.93. The van der Waals surface area contributed by atoms with E-state index in [-0.39, 0.29) is 17.8 Å². The van der Waals surface area contributed by atoms with Crippen LogP contribution >= 0.6 is 0 Å². The largest absolute Gasteiger partial charge is 0.338 e. The third kappa shape index (κ3) is 3.26. The van der Waals surface area contributed by atoms with Crippen LogP contribution in [0.4, 0.5) is 0 Å². The lowest BCUT2D eigenvalue weighted by Gasteiger charge is -2.13. The molecule has 98 valence electrons. The molecular formula is C10H19N3O3S. The topological polar surface area (TPSA) is 99.1 Å². The number of nitrogens with zero attached hydrogens (tertiary/aromatic N) is 2. The lowest BCUT2D eigenvalue weighted by atomic mass is 10.0. The summed E-state index contributed by atoms with van der Waals surface area (Å²) in [6.07, 6.45) is 2.03. The van der Waals surface area contributed by atoms with Crippen LogP contribution in [0.25, 0.3) is 0 Å². The molecule has 0 radical (unpaired) electrons. The zero-order valence-electron chi connectivity index (χ0n) is 10.5. The van der Waals surface area contributed by atoms with Crippen molar-refractivity contribution in [2.45, 2.75) is 38.5 Å². The van der Waals surface area contributed by atoms with Crippen LogP contribution < -0.4 is 5.73 Å². The molecule has 17 heavy (non-hydrogen) atoms. The van der Waals surface area contributed by atoms with Gasteiger partial charge in [-0.05, 0) is 12.8 Å². The molecule has 0 saturated carbocycles. The number of rotatable bonds is 5. The quantitative estimate of drug-likeness (QED) is 0.855. The van der Waals surface area contributed by atoms with Crippen LogP contribution in [0.3, 0.4) is 0 Å². The van der Waals surface area contributed by atoms with Gasteiger partial charge in [0.25, 0.3) is 0 Å². The van der Waals surface area contributed by atoms with Crippen LogP contribution in [0.2, 0.25) is 0 Å². The second-order valence-corrected chi connectivity index (χ2v) is 6.74. The fraction of sp³-hybridized carbons (Fsp3) is 0.800. The molecule has 1 unspecified atom stereocenters. The zero-order valence-corrected chi connectivity index (χ0v) is 11.4. The normalized spacial score (nSPS) is 17.7. The summed E-state index contributed by atoms with van der Waals surface area (Å²) >= 11 is 0. The molecule has 0 bridgehead atoms. The van der Waals surface area contributed by atoms with Crippen LogP contribution in [0.1, 0.15) is 50.2 Å². The van der Waals surface area contributed by atoms with Gasteiger partial charge in [0, 0.05) is 6.26 Å². The summed E-state index contributed by atoms with van der Waals surface area (Å²) in [5, 5.41) is 2.90. The molecule has 3 atom stereocenters. The summed E-state index contributed by atoms with van der Waals surface area (Å²) in [4.78, 5) is 4.06. The fourth-order valence-corrected chi connectivity index (χ4v) is 1.72. The minimum atomic E-state index is -3.22. The Balaban J connectivity index is 2.93. The molecule has 0 spiro atoms. The van der Waals surface area contributed by atoms with E-state index in [2.05, 4.69) is 10.1 Å². The number of aromatic nitrogens is 2. The monoisotopic (exact) mass is 261 g/mol. The molecule has 0 fully saturated rings. The van der Waals surface area contributed by atoms with Gasteiger partial charge >= 0.3 is 0 Å². The Morgan fingerprint density at radius 1 is 1.41 bits per heavy atom. The van der Waals surface area contributed by atoms with Crippen molar-refractivity contribution < 1.29 is 12.9 Å². The van der Waals surface area contributed by atoms with Crippen molar-refractivity contribution in [3.8, 4) is 0 Å². The smallest absolute Gasteiger partial charge is 0.243 e. The van der Waals surface area contributed by atoms with Crippen LogP contribution in [-0.2, 0) is 9.84 Å². The lowest BCUT2D eigenvalue weighted by molar-refractivity contribution is 0.310. The van der Waals surface area contributed by atoms with Crippen molar-refractivity contribution in [3.05, 3.63) is 11.7 Å². The maximum atomic E-state index is 11.3. The van der Waals surface area contributed by atoms with Crippen LogP contribution in [0, 0.1) is 5.92 Å². The standard InChI is InChI=1S/C10H19N3O3S/c1-5-6(2)8(11)10-12-9(13-16-10)7(3)17(4,14)15/h6-8H,5,11H2,1-4H3/t6-,7?,8-/m0/s1. The molecule has 7 heteroatoms. The molecule has 0 aliphatic rings. The Morgan fingerprint density at radius 2 is 2.00 bits per heavy atom. The van der Waals surface area contributed by atoms with Crippen LogP contribution in [0.15, 0.2) is 4.52 Å². The fourth-order valence-electron chi connectivity index (χ4n) is 1.24. The number of sulfone groups is 1. The molecule has 1 aromatic rings. The SMILES string of the molecule is CC[C@H](C)[C@H](N)c1nc(C(C)S(C)(=O)=O)no1. The molecule has 0 saturated heterocycles. The van der Waals surface area contributed by atoms with Crippen molar-refractivity contribution in [2.24, 2.45) is 11.7 Å². The van der Waals surface area contributed by atoms with Crippen molar-refractivity contribution in [2.75, 3.05) is 6.26 Å². The van der Waals surface area contributed by atoms with Gasteiger partial charge in [-0.2, -0.15) is 4.98 Å². The van der Waals surface area contributed by atoms with Crippen molar-refractivity contribution in [1.82, 2.24) is 10.1 Å². The lowest BCUT2D eigenvalue weighted by Crippen LogP contribution is -2.19. The summed E-state index contributed by atoms with van der Waals surface area (Å²) < 4.78 is 27.7. The highest BCUT2D eigenvalue weighted by molar-refractivity contribution is 7.90. The first-order chi connectivity index (χ1) is 7.77. The highest BCUT2D eigenvalue weighted by Crippen LogP contribution is 2.23. The summed E-state index contributed by atoms with van der Waals surface area (Å²) in [6.45, 7) is 5.52. The van der Waals surface area contributed by atoms with E-state index >= 15 is 0 Å². The Labute approximate surface area is 102 Å². The Bertz CT molecular complexity index is 469. The minimum absolute atomic E-state index is 0.168. The predicted molar refractivity (Wildman–Crippen MR) is 63.9 cm³/mol. The average molecular weight is 261 g/mol. The van der Waals surface area contributed by atoms with E-state index in [9.17, 15) is 8.42 Å². The van der Waals surface area contributed by atoms with Gasteiger partial charge in [0.15, 0.2) is 15.7 Å². The average Bonchev–Trinajstić information content (AvgIpc) is 2.73. The van der Waals surface area contributed by atoms with Gasteiger partial charge in [0.2, 0.25) is 5.89 Å². The molecule has 0 aromatic carbocycles. The van der Waals surface area contributed by atoms with Crippen molar-refractivity contribution in [1.29, 1.82) is 0 Å². The molecular weight excluding hydrogens is 242 g/mol. The molecule has 2 N–H and O–H groups in total. The van der Waals surface area contributed by atoms with Gasteiger partial charge in [-0.3, -0.25) is 0 Å². The third-order valence-corrected chi connectivity index (χ3v) is 4.50. The van der Waals surface area contributed by atoms with Gasteiger partial charge in [-0.25, -0.2) is 8.42 Å². The molecule has 0 aliphatic carbocycles. The molecule has 1 heterocycles. The Kier molecular flexibility index (Phi) is 4.26. The molecule has 1 aromatic heterocycles. The predicted octanol–water partition coefficient (Wildman–Crippen LogP) is 1.22. The van der Waals surface area contributed by atoms with Gasteiger partial charge in [-0.15, -0.1) is 0 Å². The minimum Gasteiger partial charge on any atom is -0.338 e. The van der Waals surface area contributed by atoms with Crippen molar-refractivity contribution in [3.63, 3.8) is 0 Å². The van der Waals surface area contributed by atoms with Gasteiger partial charge < -0.3 is 10.3 Å². The van der Waals surface area contributed by atoms with E-state index in [4.69, 9.17) is 10.3 Å². The van der Waals surface area contributed by atoms with Crippen LogP contribution in [-0.4, -0.2) is 24.8 Å². The maximum absolute atomic E-state index is 11.3. The maximum Gasteiger partial charge on any atom is 0.243 e. The van der Waals surface area contributed by atoms with E-state index in [0.29, 0.717) is 5.89 Å². The Morgan fingerprint density at radius 3 is 2.47 bits per heavy atom. The van der Waals surface area contributed by atoms with Crippen molar-refractivity contribution >= 4 is 9.84 Å². The van der Waals surface area contributed by atoms with Gasteiger partial charge in [0.05, 0.1) is 6.04 Å². The van der Waals surface area contributed by atoms with E-state index in [0.717, 1.165) is 12.7 Å². The van der Waals surface area contributed by atoms with E-state index < -0.39 is 15.1 Å². The molecule has 0 aliphatic heterocycles. The zero-order chi connectivity index (χ0) is 13.2. The van der Waals surface area contributed by atoms with E-state index in [1.54, 1.807) is 0 Å². The second kappa shape index (κ2) is 5.14. The number of hydrogen-bond acceptors (Lipinski definition) is 6. The Hall–Kier alpha value is -0.950. The second-order valence-electron chi connectivity index (χ2n) is 4.37. The summed E-state index contributed by atoms with van der Waals surface area (Å²) in [7, 11) is -3.22. The molecule has 1 rings (SSSR count). The van der Waals surface area contributed by atoms with Crippen LogP contribution in [0.5, 0.6) is 0 Å². The summed E-state index contributed by atoms with van der Waals surface area (Å²) in [5.74, 6) is 0.669. The summed E-state index contributed by atoms with van der Waals surface area (Å²) in [6, 6.07) is -0.354. The highest BCUT2D eigenvalue weighted by atomic mass is 32.2. The molecule has 6 nitrogen and oxygen atoms in total. The van der Waals surface area contributed by atoms with Gasteiger partial charge in [0.1, 0.15) is 5.25 Å².